The molecule has 212 valence electrons. The lowest BCUT2D eigenvalue weighted by Crippen LogP contribution is -2.43. The average molecular weight is 565 g/mol. The van der Waals surface area contributed by atoms with Crippen molar-refractivity contribution in [2.24, 2.45) is 0 Å². The van der Waals surface area contributed by atoms with Crippen LogP contribution in [0.4, 0.5) is 10.5 Å². The topological polar surface area (TPSA) is 104 Å². The van der Waals surface area contributed by atoms with Crippen LogP contribution in [0.5, 0.6) is 5.75 Å². The van der Waals surface area contributed by atoms with Gasteiger partial charge in [-0.25, -0.2) is 9.21 Å². The van der Waals surface area contributed by atoms with E-state index in [2.05, 4.69) is 11.5 Å². The van der Waals surface area contributed by atoms with Gasteiger partial charge in [-0.1, -0.05) is 12.1 Å². The summed E-state index contributed by atoms with van der Waals surface area (Å²) >= 11 is 1.52. The number of nitrogens with one attached hydrogen (secondary N) is 1. The molecule has 1 amide bonds. The largest absolute Gasteiger partial charge is 0.490 e. The van der Waals surface area contributed by atoms with Crippen LogP contribution < -0.4 is 14.6 Å². The van der Waals surface area contributed by atoms with Crippen LogP contribution >= 0.6 is 11.9 Å². The molecular formula is C30H36N4O5S. The molecule has 4 rings (SSSR count). The number of fused-ring (bicyclic) bond motifs is 1. The van der Waals surface area contributed by atoms with Crippen LogP contribution in [0.25, 0.3) is 4.91 Å². The first-order valence-electron chi connectivity index (χ1n) is 13.3. The molecular weight excluding hydrogens is 528 g/mol. The highest BCUT2D eigenvalue weighted by Gasteiger charge is 2.35. The maximum Gasteiger partial charge on any atom is 0.411 e. The van der Waals surface area contributed by atoms with Gasteiger partial charge in [0.25, 0.3) is 0 Å². The highest BCUT2D eigenvalue weighted by Crippen LogP contribution is 2.44. The molecule has 1 N–H and O–H groups in total. The zero-order chi connectivity index (χ0) is 29.0. The SMILES string of the molecule is COC(=O)CN(C(=O)OC(C)(C)C)C1CCCc2c1cccc2N1NC=C(c2ccc(OC(C)C)c(C#N)c2)S1. The Labute approximate surface area is 240 Å². The van der Waals surface area contributed by atoms with E-state index in [1.807, 2.05) is 60.9 Å². The van der Waals surface area contributed by atoms with Crippen molar-refractivity contribution in [3.8, 4) is 11.8 Å². The Morgan fingerprint density at radius 3 is 2.70 bits per heavy atom. The third-order valence-corrected chi connectivity index (χ3v) is 7.49. The van der Waals surface area contributed by atoms with Crippen molar-refractivity contribution in [1.29, 1.82) is 5.26 Å². The van der Waals surface area contributed by atoms with Gasteiger partial charge in [-0.3, -0.25) is 15.1 Å². The first kappa shape index (κ1) is 29.2. The van der Waals surface area contributed by atoms with Crippen LogP contribution in [0.2, 0.25) is 0 Å². The molecule has 2 aliphatic rings. The van der Waals surface area contributed by atoms with Crippen LogP contribution in [0.3, 0.4) is 0 Å². The zero-order valence-corrected chi connectivity index (χ0v) is 24.6. The number of anilines is 1. The third-order valence-electron chi connectivity index (χ3n) is 6.45. The molecule has 1 unspecified atom stereocenters. The summed E-state index contributed by atoms with van der Waals surface area (Å²) in [5, 5.41) is 9.65. The van der Waals surface area contributed by atoms with Gasteiger partial charge in [0.05, 0.1) is 35.4 Å². The number of hydrogen-bond donors (Lipinski definition) is 1. The molecule has 0 bridgehead atoms. The van der Waals surface area contributed by atoms with Crippen molar-refractivity contribution in [2.75, 3.05) is 18.1 Å². The van der Waals surface area contributed by atoms with E-state index in [9.17, 15) is 14.9 Å². The van der Waals surface area contributed by atoms with Gasteiger partial charge in [0.15, 0.2) is 0 Å². The van der Waals surface area contributed by atoms with E-state index in [1.165, 1.54) is 24.0 Å². The second-order valence-corrected chi connectivity index (χ2v) is 11.9. The number of amides is 1. The Balaban J connectivity index is 1.60. The Morgan fingerprint density at radius 2 is 2.02 bits per heavy atom. The van der Waals surface area contributed by atoms with Gasteiger partial charge in [-0.15, -0.1) is 0 Å². The molecule has 10 heteroatoms. The van der Waals surface area contributed by atoms with E-state index >= 15 is 0 Å². The molecule has 1 atom stereocenters. The lowest BCUT2D eigenvalue weighted by molar-refractivity contribution is -0.142. The van der Waals surface area contributed by atoms with Crippen LogP contribution in [-0.4, -0.2) is 42.3 Å². The van der Waals surface area contributed by atoms with Crippen molar-refractivity contribution in [3.05, 3.63) is 64.9 Å². The van der Waals surface area contributed by atoms with Crippen molar-refractivity contribution in [2.45, 2.75) is 71.6 Å². The molecule has 0 spiro atoms. The van der Waals surface area contributed by atoms with E-state index in [1.54, 1.807) is 20.8 Å². The smallest absolute Gasteiger partial charge is 0.411 e. The van der Waals surface area contributed by atoms with Gasteiger partial charge in [-0.05, 0) is 94.8 Å². The molecule has 2 aromatic rings. The predicted molar refractivity (Wildman–Crippen MR) is 155 cm³/mol. The van der Waals surface area contributed by atoms with E-state index in [-0.39, 0.29) is 18.7 Å². The quantitative estimate of drug-likeness (QED) is 0.315. The Kier molecular flexibility index (Phi) is 8.84. The second-order valence-electron chi connectivity index (χ2n) is 11.0. The highest BCUT2D eigenvalue weighted by atomic mass is 32.2. The normalized spacial score (nSPS) is 16.4. The minimum Gasteiger partial charge on any atom is -0.490 e. The van der Waals surface area contributed by atoms with Crippen molar-refractivity contribution >= 4 is 34.6 Å². The molecule has 0 radical (unpaired) electrons. The number of rotatable bonds is 7. The third kappa shape index (κ3) is 6.65. The monoisotopic (exact) mass is 564 g/mol. The number of benzene rings is 2. The first-order chi connectivity index (χ1) is 19.0. The summed E-state index contributed by atoms with van der Waals surface area (Å²) < 4.78 is 18.3. The Bertz CT molecular complexity index is 1340. The molecule has 1 aliphatic carbocycles. The van der Waals surface area contributed by atoms with Gasteiger partial charge in [-0.2, -0.15) is 5.26 Å². The van der Waals surface area contributed by atoms with E-state index < -0.39 is 17.7 Å². The highest BCUT2D eigenvalue weighted by molar-refractivity contribution is 8.09. The molecule has 0 saturated heterocycles. The Hall–Kier alpha value is -3.84. The minimum absolute atomic E-state index is 0.0258. The van der Waals surface area contributed by atoms with Crippen LogP contribution in [0, 0.1) is 11.3 Å². The number of methoxy groups -OCH3 is 1. The summed E-state index contributed by atoms with van der Waals surface area (Å²) in [4.78, 5) is 27.9. The number of nitriles is 1. The van der Waals surface area contributed by atoms with Crippen molar-refractivity contribution < 1.29 is 23.8 Å². The standard InChI is InChI=1S/C30H36N4O5S/c1-19(2)38-26-14-13-20(15-21(26)16-31)27-17-32-34(40-27)25-12-8-9-22-23(25)10-7-11-24(22)33(18-28(35)37-6)29(36)39-30(3,4)5/h8-9,12-15,17,19,24,32H,7,10-11,18H2,1-6H3. The Morgan fingerprint density at radius 1 is 1.25 bits per heavy atom. The zero-order valence-electron chi connectivity index (χ0n) is 23.8. The van der Waals surface area contributed by atoms with E-state index in [0.29, 0.717) is 17.7 Å². The number of ether oxygens (including phenoxy) is 3. The average Bonchev–Trinajstić information content (AvgIpc) is 3.40. The molecule has 9 nitrogen and oxygen atoms in total. The van der Waals surface area contributed by atoms with Crippen molar-refractivity contribution in [1.82, 2.24) is 10.3 Å². The lowest BCUT2D eigenvalue weighted by Gasteiger charge is -2.37. The molecule has 0 aromatic heterocycles. The maximum atomic E-state index is 13.2. The fourth-order valence-electron chi connectivity index (χ4n) is 4.79. The molecule has 1 heterocycles. The molecule has 40 heavy (non-hydrogen) atoms. The number of esters is 1. The van der Waals surface area contributed by atoms with Crippen molar-refractivity contribution in [3.63, 3.8) is 0 Å². The summed E-state index contributed by atoms with van der Waals surface area (Å²) in [6.07, 6.45) is 3.72. The fourth-order valence-corrected chi connectivity index (χ4v) is 5.70. The summed E-state index contributed by atoms with van der Waals surface area (Å²) in [5.41, 5.74) is 7.08. The second kappa shape index (κ2) is 12.1. The maximum absolute atomic E-state index is 13.2. The molecule has 0 saturated carbocycles. The van der Waals surface area contributed by atoms with E-state index in [0.717, 1.165) is 40.1 Å². The van der Waals surface area contributed by atoms with Gasteiger partial charge in [0.2, 0.25) is 0 Å². The number of hydrazine groups is 1. The minimum atomic E-state index is -0.701. The van der Waals surface area contributed by atoms with Gasteiger partial charge >= 0.3 is 12.1 Å². The van der Waals surface area contributed by atoms with Gasteiger partial charge in [0, 0.05) is 18.1 Å². The summed E-state index contributed by atoms with van der Waals surface area (Å²) in [6, 6.07) is 13.5. The van der Waals surface area contributed by atoms with Crippen LogP contribution in [-0.2, 0) is 20.7 Å². The number of hydrogen-bond acceptors (Lipinski definition) is 9. The van der Waals surface area contributed by atoms with Gasteiger partial charge in [0.1, 0.15) is 24.0 Å². The van der Waals surface area contributed by atoms with Crippen LogP contribution in [0.1, 0.15) is 75.8 Å². The molecule has 1 aliphatic heterocycles. The van der Waals surface area contributed by atoms with Crippen LogP contribution in [0.15, 0.2) is 42.6 Å². The predicted octanol–water partition coefficient (Wildman–Crippen LogP) is 6.10. The first-order valence-corrected chi connectivity index (χ1v) is 14.1. The fraction of sp³-hybridized carbons (Fsp3) is 0.433. The number of carbonyl (C=O) groups excluding carboxylic acids is 2. The summed E-state index contributed by atoms with van der Waals surface area (Å²) in [6.45, 7) is 9.08. The molecule has 0 fully saturated rings. The summed E-state index contributed by atoms with van der Waals surface area (Å²) in [7, 11) is 1.31. The lowest BCUT2D eigenvalue weighted by atomic mass is 9.86. The van der Waals surface area contributed by atoms with Gasteiger partial charge < -0.3 is 14.2 Å². The summed E-state index contributed by atoms with van der Waals surface area (Å²) in [5.74, 6) is 0.0700. The number of carbonyl (C=O) groups is 2. The number of nitrogens with zero attached hydrogens (tertiary/aromatic N) is 3. The molecule has 2 aromatic carbocycles. The van der Waals surface area contributed by atoms with E-state index in [4.69, 9.17) is 14.2 Å².